The fourth-order valence-electron chi connectivity index (χ4n) is 2.02. The van der Waals surface area contributed by atoms with Gasteiger partial charge >= 0.3 is 5.97 Å². The highest BCUT2D eigenvalue weighted by molar-refractivity contribution is 7.22. The fourth-order valence-corrected chi connectivity index (χ4v) is 3.42. The molecule has 0 bridgehead atoms. The molecule has 0 saturated carbocycles. The Morgan fingerprint density at radius 2 is 2.00 bits per heavy atom. The molecule has 2 heterocycles. The van der Waals surface area contributed by atoms with Crippen LogP contribution in [-0.2, 0) is 16.0 Å². The van der Waals surface area contributed by atoms with E-state index in [9.17, 15) is 4.79 Å². The number of esters is 1. The number of aromatic nitrogens is 2. The van der Waals surface area contributed by atoms with E-state index in [0.717, 1.165) is 48.1 Å². The van der Waals surface area contributed by atoms with Gasteiger partial charge in [0, 0.05) is 12.8 Å². The van der Waals surface area contributed by atoms with Crippen LogP contribution in [0, 0.1) is 0 Å². The van der Waals surface area contributed by atoms with Crippen LogP contribution in [0.5, 0.6) is 0 Å². The number of hydrogen-bond acceptors (Lipinski definition) is 5. The second-order valence-corrected chi connectivity index (χ2v) is 6.71. The standard InChI is InChI=1S/C14H16Cl2N2O2S/c1-20-12(19)7-5-3-2-4-6-11-17-13(16)9-8-10(15)21-14(9)18-11/h8H,2-7H2,1H3. The van der Waals surface area contributed by atoms with E-state index in [1.165, 1.54) is 18.4 Å². The maximum absolute atomic E-state index is 11.0. The summed E-state index contributed by atoms with van der Waals surface area (Å²) in [6.07, 6.45) is 5.12. The first-order chi connectivity index (χ1) is 10.1. The lowest BCUT2D eigenvalue weighted by Gasteiger charge is -2.02. The van der Waals surface area contributed by atoms with Crippen molar-refractivity contribution in [1.29, 1.82) is 0 Å². The number of carbonyl (C=O) groups excluding carboxylic acids is 1. The minimum atomic E-state index is -0.148. The van der Waals surface area contributed by atoms with E-state index >= 15 is 0 Å². The van der Waals surface area contributed by atoms with Gasteiger partial charge in [-0.05, 0) is 18.9 Å². The van der Waals surface area contributed by atoms with Crippen LogP contribution in [0.3, 0.4) is 0 Å². The van der Waals surface area contributed by atoms with Crippen molar-refractivity contribution in [2.24, 2.45) is 0 Å². The van der Waals surface area contributed by atoms with Gasteiger partial charge in [0.1, 0.15) is 15.8 Å². The van der Waals surface area contributed by atoms with Crippen LogP contribution in [0.25, 0.3) is 10.2 Å². The second kappa shape index (κ2) is 7.92. The molecule has 0 N–H and O–H groups in total. The van der Waals surface area contributed by atoms with Gasteiger partial charge in [0.15, 0.2) is 0 Å². The molecule has 21 heavy (non-hydrogen) atoms. The number of unbranched alkanes of at least 4 members (excludes halogenated alkanes) is 3. The Morgan fingerprint density at radius 3 is 2.76 bits per heavy atom. The molecule has 0 aromatic carbocycles. The number of halogens is 2. The normalized spacial score (nSPS) is 11.0. The molecule has 0 amide bonds. The van der Waals surface area contributed by atoms with Crippen LogP contribution in [-0.4, -0.2) is 23.0 Å². The monoisotopic (exact) mass is 346 g/mol. The summed E-state index contributed by atoms with van der Waals surface area (Å²) in [5, 5.41) is 1.28. The summed E-state index contributed by atoms with van der Waals surface area (Å²) in [4.78, 5) is 20.6. The second-order valence-electron chi connectivity index (χ2n) is 4.69. The molecule has 0 aliphatic carbocycles. The molecule has 2 aromatic rings. The third-order valence-electron chi connectivity index (χ3n) is 3.12. The van der Waals surface area contributed by atoms with Crippen LogP contribution in [0.4, 0.5) is 0 Å². The zero-order valence-electron chi connectivity index (χ0n) is 11.7. The van der Waals surface area contributed by atoms with Crippen LogP contribution >= 0.6 is 34.5 Å². The molecule has 114 valence electrons. The van der Waals surface area contributed by atoms with E-state index in [1.54, 1.807) is 6.07 Å². The number of ether oxygens (including phenoxy) is 1. The highest BCUT2D eigenvalue weighted by Gasteiger charge is 2.09. The first-order valence-electron chi connectivity index (χ1n) is 6.78. The average molecular weight is 347 g/mol. The first kappa shape index (κ1) is 16.5. The Kier molecular flexibility index (Phi) is 6.21. The van der Waals surface area contributed by atoms with Crippen molar-refractivity contribution in [3.05, 3.63) is 21.4 Å². The van der Waals surface area contributed by atoms with Gasteiger partial charge in [-0.25, -0.2) is 9.97 Å². The first-order valence-corrected chi connectivity index (χ1v) is 8.35. The van der Waals surface area contributed by atoms with Gasteiger partial charge in [-0.1, -0.05) is 36.0 Å². The molecule has 2 rings (SSSR count). The molecule has 0 saturated heterocycles. The lowest BCUT2D eigenvalue weighted by molar-refractivity contribution is -0.140. The molecule has 0 aliphatic rings. The summed E-state index contributed by atoms with van der Waals surface area (Å²) < 4.78 is 5.27. The number of thiophene rings is 1. The Bertz CT molecular complexity index is 631. The lowest BCUT2D eigenvalue weighted by atomic mass is 10.1. The third kappa shape index (κ3) is 4.80. The van der Waals surface area contributed by atoms with Crippen LogP contribution in [0.2, 0.25) is 9.49 Å². The zero-order valence-corrected chi connectivity index (χ0v) is 14.0. The van der Waals surface area contributed by atoms with E-state index in [0.29, 0.717) is 15.9 Å². The molecule has 2 aromatic heterocycles. The Morgan fingerprint density at radius 1 is 1.24 bits per heavy atom. The maximum atomic E-state index is 11.0. The van der Waals surface area contributed by atoms with E-state index in [4.69, 9.17) is 23.2 Å². The zero-order chi connectivity index (χ0) is 15.2. The van der Waals surface area contributed by atoms with Crippen molar-refractivity contribution < 1.29 is 9.53 Å². The number of nitrogens with zero attached hydrogens (tertiary/aromatic N) is 2. The molecular weight excluding hydrogens is 331 g/mol. The van der Waals surface area contributed by atoms with Gasteiger partial charge in [0.2, 0.25) is 0 Å². The van der Waals surface area contributed by atoms with Gasteiger partial charge in [-0.15, -0.1) is 11.3 Å². The molecule has 0 spiro atoms. The summed E-state index contributed by atoms with van der Waals surface area (Å²) in [7, 11) is 1.41. The Labute approximate surface area is 137 Å². The van der Waals surface area contributed by atoms with E-state index in [-0.39, 0.29) is 5.97 Å². The van der Waals surface area contributed by atoms with Crippen LogP contribution in [0.15, 0.2) is 6.07 Å². The fraction of sp³-hybridized carbons (Fsp3) is 0.500. The van der Waals surface area contributed by atoms with Crippen molar-refractivity contribution >= 4 is 50.7 Å². The summed E-state index contributed by atoms with van der Waals surface area (Å²) in [6.45, 7) is 0. The topological polar surface area (TPSA) is 52.1 Å². The molecule has 0 radical (unpaired) electrons. The SMILES string of the molecule is COC(=O)CCCCCCc1nc(Cl)c2cc(Cl)sc2n1. The minimum absolute atomic E-state index is 0.148. The van der Waals surface area contributed by atoms with E-state index < -0.39 is 0 Å². The summed E-state index contributed by atoms with van der Waals surface area (Å²) >= 11 is 13.5. The van der Waals surface area contributed by atoms with Crippen molar-refractivity contribution in [3.63, 3.8) is 0 Å². The predicted molar refractivity (Wildman–Crippen MR) is 86.2 cm³/mol. The Balaban J connectivity index is 1.80. The average Bonchev–Trinajstić information content (AvgIpc) is 2.83. The summed E-state index contributed by atoms with van der Waals surface area (Å²) in [5.74, 6) is 0.601. The van der Waals surface area contributed by atoms with Crippen LogP contribution in [0.1, 0.15) is 37.9 Å². The maximum Gasteiger partial charge on any atom is 0.305 e. The molecular formula is C14H16Cl2N2O2S. The highest BCUT2D eigenvalue weighted by atomic mass is 35.5. The highest BCUT2D eigenvalue weighted by Crippen LogP contribution is 2.31. The number of aryl methyl sites for hydroxylation is 1. The number of rotatable bonds is 7. The van der Waals surface area contributed by atoms with Gasteiger partial charge in [-0.3, -0.25) is 4.79 Å². The number of fused-ring (bicyclic) bond motifs is 1. The quantitative estimate of drug-likeness (QED) is 0.415. The lowest BCUT2D eigenvalue weighted by Crippen LogP contribution is -1.99. The molecule has 7 heteroatoms. The summed E-state index contributed by atoms with van der Waals surface area (Å²) in [5.41, 5.74) is 0. The molecule has 0 unspecified atom stereocenters. The number of methoxy groups -OCH3 is 1. The van der Waals surface area contributed by atoms with E-state index in [1.807, 2.05) is 0 Å². The van der Waals surface area contributed by atoms with E-state index in [2.05, 4.69) is 14.7 Å². The molecule has 0 atom stereocenters. The summed E-state index contributed by atoms with van der Waals surface area (Å²) in [6, 6.07) is 1.79. The van der Waals surface area contributed by atoms with Gasteiger partial charge in [0.25, 0.3) is 0 Å². The van der Waals surface area contributed by atoms with Crippen molar-refractivity contribution in [2.45, 2.75) is 38.5 Å². The van der Waals surface area contributed by atoms with Gasteiger partial charge in [-0.2, -0.15) is 0 Å². The largest absolute Gasteiger partial charge is 0.469 e. The van der Waals surface area contributed by atoms with Crippen molar-refractivity contribution in [3.8, 4) is 0 Å². The van der Waals surface area contributed by atoms with Crippen molar-refractivity contribution in [1.82, 2.24) is 9.97 Å². The number of carbonyl (C=O) groups is 1. The minimum Gasteiger partial charge on any atom is -0.469 e. The number of hydrogen-bond donors (Lipinski definition) is 0. The van der Waals surface area contributed by atoms with Crippen molar-refractivity contribution in [2.75, 3.05) is 7.11 Å². The third-order valence-corrected chi connectivity index (χ3v) is 4.57. The molecule has 4 nitrogen and oxygen atoms in total. The Hall–Kier alpha value is -0.910. The smallest absolute Gasteiger partial charge is 0.305 e. The molecule has 0 aliphatic heterocycles. The van der Waals surface area contributed by atoms with Crippen LogP contribution < -0.4 is 0 Å². The predicted octanol–water partition coefficient (Wildman–Crippen LogP) is 4.66. The van der Waals surface area contributed by atoms with Gasteiger partial charge < -0.3 is 4.74 Å². The molecule has 0 fully saturated rings. The van der Waals surface area contributed by atoms with Gasteiger partial charge in [0.05, 0.1) is 16.8 Å².